The number of hydrogen-bond donors (Lipinski definition) is 2. The molecule has 12 nitrogen and oxygen atoms in total. The Balaban J connectivity index is 0.000000279. The van der Waals surface area contributed by atoms with Crippen LogP contribution in [0.4, 0.5) is 5.69 Å². The minimum absolute atomic E-state index is 0.0814. The van der Waals surface area contributed by atoms with E-state index in [4.69, 9.17) is 28.8 Å². The van der Waals surface area contributed by atoms with E-state index in [0.29, 0.717) is 35.8 Å². The van der Waals surface area contributed by atoms with Crippen LogP contribution in [0.3, 0.4) is 0 Å². The summed E-state index contributed by atoms with van der Waals surface area (Å²) in [7, 11) is 3.18. The van der Waals surface area contributed by atoms with Crippen LogP contribution in [-0.2, 0) is 14.3 Å². The molecule has 0 spiro atoms. The van der Waals surface area contributed by atoms with Gasteiger partial charge in [-0.2, -0.15) is 0 Å². The maximum Gasteiger partial charge on any atom is 0.338 e. The summed E-state index contributed by atoms with van der Waals surface area (Å²) in [6.45, 7) is 8.01. The fraction of sp³-hybridized carbons (Fsp3) is 0.359. The molecule has 0 aromatic heterocycles. The molecule has 1 fully saturated rings. The number of amides is 1. The molecule has 0 unspecified atom stereocenters. The summed E-state index contributed by atoms with van der Waals surface area (Å²) in [6, 6.07) is 18.5. The number of piperazine rings is 1. The topological polar surface area (TPSA) is 136 Å². The molecule has 0 radical (unpaired) electrons. The molecule has 0 saturated carbocycles. The molecule has 3 aromatic carbocycles. The molecule has 0 aliphatic carbocycles. The Morgan fingerprint density at radius 1 is 0.804 bits per heavy atom. The van der Waals surface area contributed by atoms with Crippen LogP contribution in [0, 0.1) is 0 Å². The first kappa shape index (κ1) is 36.8. The zero-order valence-corrected chi connectivity index (χ0v) is 29.3. The van der Waals surface area contributed by atoms with Crippen molar-refractivity contribution in [3.8, 4) is 23.0 Å². The number of nitrogens with zero attached hydrogens (tertiary/aromatic N) is 2. The molecule has 3 heterocycles. The number of benzene rings is 3. The highest BCUT2D eigenvalue weighted by molar-refractivity contribution is 5.99. The highest BCUT2D eigenvalue weighted by atomic mass is 16.5. The number of nitrogens with one attached hydrogen (secondary N) is 1. The lowest BCUT2D eigenvalue weighted by Gasteiger charge is -2.36. The van der Waals surface area contributed by atoms with Crippen LogP contribution < -0.4 is 29.2 Å². The third-order valence-corrected chi connectivity index (χ3v) is 8.71. The van der Waals surface area contributed by atoms with Gasteiger partial charge in [0.15, 0.2) is 0 Å². The normalized spacial score (nSPS) is 14.8. The maximum absolute atomic E-state index is 12.6. The minimum Gasteiger partial charge on any atom is -0.497 e. The van der Waals surface area contributed by atoms with Crippen LogP contribution in [0.5, 0.6) is 23.0 Å². The lowest BCUT2D eigenvalue weighted by atomic mass is 10.1. The van der Waals surface area contributed by atoms with Gasteiger partial charge in [0.05, 0.1) is 37.5 Å². The van der Waals surface area contributed by atoms with E-state index in [2.05, 4.69) is 15.1 Å². The smallest absolute Gasteiger partial charge is 0.338 e. The second-order valence-corrected chi connectivity index (χ2v) is 12.1. The second-order valence-electron chi connectivity index (χ2n) is 12.1. The number of carboxylic acids is 1. The number of hydrogen-bond acceptors (Lipinski definition) is 10. The van der Waals surface area contributed by atoms with Crippen molar-refractivity contribution in [2.45, 2.75) is 19.8 Å². The van der Waals surface area contributed by atoms with Gasteiger partial charge < -0.3 is 39.0 Å². The molecule has 2 N–H and O–H groups in total. The Bertz CT molecular complexity index is 1760. The van der Waals surface area contributed by atoms with E-state index in [9.17, 15) is 14.4 Å². The number of carboxylic acid groups (broad SMARTS) is 1. The average Bonchev–Trinajstić information content (AvgIpc) is 3.17. The fourth-order valence-corrected chi connectivity index (χ4v) is 5.87. The Morgan fingerprint density at radius 2 is 1.43 bits per heavy atom. The third-order valence-electron chi connectivity index (χ3n) is 8.71. The van der Waals surface area contributed by atoms with Crippen molar-refractivity contribution >= 4 is 35.7 Å². The summed E-state index contributed by atoms with van der Waals surface area (Å²) >= 11 is 0. The summed E-state index contributed by atoms with van der Waals surface area (Å²) in [5, 5.41) is 11.8. The fourth-order valence-electron chi connectivity index (χ4n) is 5.87. The number of unbranched alkanes of at least 4 members (excludes halogenated alkanes) is 1. The van der Waals surface area contributed by atoms with Crippen LogP contribution in [0.2, 0.25) is 0 Å². The third kappa shape index (κ3) is 10.0. The van der Waals surface area contributed by atoms with Gasteiger partial charge in [0, 0.05) is 49.5 Å². The Labute approximate surface area is 298 Å². The van der Waals surface area contributed by atoms with E-state index in [-0.39, 0.29) is 30.7 Å². The predicted octanol–water partition coefficient (Wildman–Crippen LogP) is 4.92. The van der Waals surface area contributed by atoms with Gasteiger partial charge >= 0.3 is 11.9 Å². The van der Waals surface area contributed by atoms with Crippen molar-refractivity contribution in [1.82, 2.24) is 10.2 Å². The summed E-state index contributed by atoms with van der Waals surface area (Å²) < 4.78 is 26.4. The van der Waals surface area contributed by atoms with E-state index < -0.39 is 5.97 Å². The van der Waals surface area contributed by atoms with Gasteiger partial charge in [-0.1, -0.05) is 6.07 Å². The molecule has 1 amide bonds. The minimum atomic E-state index is -0.955. The lowest BCUT2D eigenvalue weighted by molar-refractivity contribution is -0.133. The number of esters is 1. The quantitative estimate of drug-likeness (QED) is 0.197. The molecule has 12 heteroatoms. The zero-order chi connectivity index (χ0) is 36.2. The molecule has 270 valence electrons. The monoisotopic (exact) mass is 699 g/mol. The predicted molar refractivity (Wildman–Crippen MR) is 194 cm³/mol. The van der Waals surface area contributed by atoms with E-state index in [1.807, 2.05) is 49.4 Å². The molecule has 3 aliphatic rings. The number of fused-ring (bicyclic) bond motifs is 2. The number of ether oxygens (including phenoxy) is 5. The van der Waals surface area contributed by atoms with E-state index in [1.54, 1.807) is 44.6 Å². The number of methoxy groups -OCH3 is 2. The second kappa shape index (κ2) is 18.0. The first-order chi connectivity index (χ1) is 24.8. The van der Waals surface area contributed by atoms with Gasteiger partial charge in [-0.15, -0.1) is 0 Å². The molecule has 51 heavy (non-hydrogen) atoms. The van der Waals surface area contributed by atoms with Crippen molar-refractivity contribution in [2.24, 2.45) is 0 Å². The average molecular weight is 700 g/mol. The lowest BCUT2D eigenvalue weighted by Crippen LogP contribution is -2.46. The molecule has 6 rings (SSSR count). The standard InChI is InChI=1S/C28H35N3O5.C11H10O4/c1-3-35-28(33)21-7-6-8-24(18-21)31-15-13-30(14-16-31)12-5-4-11-29-27(32)23-17-22-19-25(34-2)9-10-26(22)36-20-23;1-14-9-2-3-10-7(5-9)4-8(6-15-10)11(12)13/h6-10,17-19H,3-5,11-16,20H2,1-2H3,(H,29,32);2-5H,6H2,1H3,(H,12,13). The van der Waals surface area contributed by atoms with Crippen LogP contribution in [-0.4, -0.2) is 101 Å². The number of aliphatic carboxylic acids is 1. The van der Waals surface area contributed by atoms with E-state index in [1.165, 1.54) is 0 Å². The maximum atomic E-state index is 12.6. The van der Waals surface area contributed by atoms with Gasteiger partial charge in [-0.25, -0.2) is 9.59 Å². The van der Waals surface area contributed by atoms with E-state index in [0.717, 1.165) is 73.9 Å². The van der Waals surface area contributed by atoms with E-state index >= 15 is 0 Å². The molecular formula is C39H45N3O9. The molecule has 3 aliphatic heterocycles. The summed E-state index contributed by atoms with van der Waals surface area (Å²) in [5.41, 5.74) is 4.12. The van der Waals surface area contributed by atoms with Crippen LogP contribution in [0.15, 0.2) is 71.8 Å². The summed E-state index contributed by atoms with van der Waals surface area (Å²) in [4.78, 5) is 40.1. The van der Waals surface area contributed by atoms with Crippen LogP contribution in [0.1, 0.15) is 41.3 Å². The van der Waals surface area contributed by atoms with Gasteiger partial charge in [-0.3, -0.25) is 9.69 Å². The van der Waals surface area contributed by atoms with Crippen molar-refractivity contribution < 1.29 is 43.2 Å². The molecule has 1 saturated heterocycles. The summed E-state index contributed by atoms with van der Waals surface area (Å²) in [6.07, 6.45) is 5.42. The Hall–Kier alpha value is -5.49. The molecule has 0 bridgehead atoms. The van der Waals surface area contributed by atoms with Crippen molar-refractivity contribution in [2.75, 3.05) is 78.2 Å². The van der Waals surface area contributed by atoms with Crippen molar-refractivity contribution in [3.05, 3.63) is 88.5 Å². The Kier molecular flexibility index (Phi) is 12.9. The van der Waals surface area contributed by atoms with Crippen molar-refractivity contribution in [1.29, 1.82) is 0 Å². The number of carbonyl (C=O) groups is 3. The first-order valence-corrected chi connectivity index (χ1v) is 17.1. The Morgan fingerprint density at radius 3 is 2.04 bits per heavy atom. The van der Waals surface area contributed by atoms with Crippen molar-refractivity contribution in [3.63, 3.8) is 0 Å². The van der Waals surface area contributed by atoms with Gasteiger partial charge in [0.1, 0.15) is 36.2 Å². The van der Waals surface area contributed by atoms with Crippen LogP contribution in [0.25, 0.3) is 12.2 Å². The van der Waals surface area contributed by atoms with Crippen LogP contribution >= 0.6 is 0 Å². The molecule has 3 aromatic rings. The van der Waals surface area contributed by atoms with Gasteiger partial charge in [0.2, 0.25) is 0 Å². The van der Waals surface area contributed by atoms with Gasteiger partial charge in [-0.05, 0) is 93.1 Å². The molecular weight excluding hydrogens is 654 g/mol. The first-order valence-electron chi connectivity index (χ1n) is 17.1. The summed E-state index contributed by atoms with van der Waals surface area (Å²) in [5.74, 6) is 1.55. The van der Waals surface area contributed by atoms with Gasteiger partial charge in [0.25, 0.3) is 5.91 Å². The largest absolute Gasteiger partial charge is 0.497 e. The highest BCUT2D eigenvalue weighted by Crippen LogP contribution is 2.31. The number of carbonyl (C=O) groups excluding carboxylic acids is 2. The number of anilines is 1. The highest BCUT2D eigenvalue weighted by Gasteiger charge is 2.20. The SMILES string of the molecule is CCOC(=O)c1cccc(N2CCN(CCCCNC(=O)C3=Cc4cc(OC)ccc4OC3)CC2)c1.COc1ccc2c(c1)C=C(C(=O)O)CO2. The zero-order valence-electron chi connectivity index (χ0n) is 29.3. The molecule has 0 atom stereocenters. The number of rotatable bonds is 12.